The molecule has 4 N–H and O–H groups in total. The average Bonchev–Trinajstić information content (AvgIpc) is 2.28. The number of amides is 2. The van der Waals surface area contributed by atoms with Crippen LogP contribution in [0.5, 0.6) is 0 Å². The van der Waals surface area contributed by atoms with Crippen molar-refractivity contribution in [2.75, 3.05) is 13.1 Å². The topological polar surface area (TPSA) is 89.4 Å². The molecule has 1 aliphatic heterocycles. The second kappa shape index (κ2) is 5.84. The summed E-state index contributed by atoms with van der Waals surface area (Å²) in [6.07, 6.45) is 2.58. The van der Waals surface area contributed by atoms with Crippen LogP contribution in [-0.2, 0) is 9.59 Å². The van der Waals surface area contributed by atoms with E-state index in [-0.39, 0.29) is 23.8 Å². The Morgan fingerprint density at radius 3 is 2.38 bits per heavy atom. The summed E-state index contributed by atoms with van der Waals surface area (Å²) in [5.41, 5.74) is 11.0. The third-order valence-electron chi connectivity index (χ3n) is 3.21. The van der Waals surface area contributed by atoms with Crippen molar-refractivity contribution in [2.24, 2.45) is 17.4 Å². The van der Waals surface area contributed by atoms with Crippen LogP contribution in [0.1, 0.15) is 32.6 Å². The lowest BCUT2D eigenvalue weighted by molar-refractivity contribution is -0.135. The number of piperidine rings is 1. The third kappa shape index (κ3) is 3.48. The Balaban J connectivity index is 2.36. The molecule has 0 bridgehead atoms. The third-order valence-corrected chi connectivity index (χ3v) is 3.21. The lowest BCUT2D eigenvalue weighted by Gasteiger charge is -2.31. The standard InChI is InChI=1S/C11H21N3O2/c1-2-9(12)7-10(15)14-5-3-8(4-6-14)11(13)16/h8-9H,2-7,12H2,1H3,(H2,13,16). The van der Waals surface area contributed by atoms with Gasteiger partial charge in [0.15, 0.2) is 0 Å². The Morgan fingerprint density at radius 2 is 1.94 bits per heavy atom. The van der Waals surface area contributed by atoms with Crippen LogP contribution >= 0.6 is 0 Å². The number of nitrogens with two attached hydrogens (primary N) is 2. The van der Waals surface area contributed by atoms with E-state index in [0.717, 1.165) is 6.42 Å². The summed E-state index contributed by atoms with van der Waals surface area (Å²) >= 11 is 0. The molecule has 0 aromatic carbocycles. The summed E-state index contributed by atoms with van der Waals surface area (Å²) < 4.78 is 0. The van der Waals surface area contributed by atoms with Gasteiger partial charge in [-0.2, -0.15) is 0 Å². The first-order valence-electron chi connectivity index (χ1n) is 5.87. The molecule has 0 radical (unpaired) electrons. The van der Waals surface area contributed by atoms with Crippen LogP contribution < -0.4 is 11.5 Å². The molecule has 0 aromatic rings. The molecule has 5 nitrogen and oxygen atoms in total. The zero-order valence-corrected chi connectivity index (χ0v) is 9.82. The lowest BCUT2D eigenvalue weighted by atomic mass is 9.96. The van der Waals surface area contributed by atoms with Gasteiger partial charge in [-0.3, -0.25) is 9.59 Å². The maximum absolute atomic E-state index is 11.8. The number of hydrogen-bond donors (Lipinski definition) is 2. The smallest absolute Gasteiger partial charge is 0.224 e. The normalized spacial score (nSPS) is 19.5. The number of likely N-dealkylation sites (tertiary alicyclic amines) is 1. The summed E-state index contributed by atoms with van der Waals surface area (Å²) in [4.78, 5) is 24.5. The molecule has 1 atom stereocenters. The Kier molecular flexibility index (Phi) is 4.73. The molecular weight excluding hydrogens is 206 g/mol. The number of carbonyl (C=O) groups is 2. The molecule has 0 aromatic heterocycles. The van der Waals surface area contributed by atoms with E-state index in [9.17, 15) is 9.59 Å². The van der Waals surface area contributed by atoms with Crippen LogP contribution in [0.25, 0.3) is 0 Å². The fourth-order valence-electron chi connectivity index (χ4n) is 1.91. The SMILES string of the molecule is CCC(N)CC(=O)N1CCC(C(N)=O)CC1. The van der Waals surface area contributed by atoms with Crippen molar-refractivity contribution >= 4 is 11.8 Å². The number of carbonyl (C=O) groups excluding carboxylic acids is 2. The van der Waals surface area contributed by atoms with Crippen molar-refractivity contribution in [1.29, 1.82) is 0 Å². The van der Waals surface area contributed by atoms with Gasteiger partial charge in [0.05, 0.1) is 0 Å². The van der Waals surface area contributed by atoms with E-state index in [1.54, 1.807) is 4.90 Å². The highest BCUT2D eigenvalue weighted by atomic mass is 16.2. The van der Waals surface area contributed by atoms with Crippen molar-refractivity contribution in [3.63, 3.8) is 0 Å². The molecule has 1 rings (SSSR count). The number of rotatable bonds is 4. The Hall–Kier alpha value is -1.10. The van der Waals surface area contributed by atoms with Gasteiger partial charge in [-0.05, 0) is 19.3 Å². The van der Waals surface area contributed by atoms with E-state index in [2.05, 4.69) is 0 Å². The summed E-state index contributed by atoms with van der Waals surface area (Å²) in [5.74, 6) is -0.224. The fraction of sp³-hybridized carbons (Fsp3) is 0.818. The van der Waals surface area contributed by atoms with Gasteiger partial charge in [-0.25, -0.2) is 0 Å². The summed E-state index contributed by atoms with van der Waals surface area (Å²) in [7, 11) is 0. The highest BCUT2D eigenvalue weighted by Crippen LogP contribution is 2.17. The minimum absolute atomic E-state index is 0.0543. The first-order chi connectivity index (χ1) is 7.54. The van der Waals surface area contributed by atoms with Crippen molar-refractivity contribution in [2.45, 2.75) is 38.6 Å². The highest BCUT2D eigenvalue weighted by Gasteiger charge is 2.26. The van der Waals surface area contributed by atoms with E-state index in [1.165, 1.54) is 0 Å². The first-order valence-corrected chi connectivity index (χ1v) is 5.87. The summed E-state index contributed by atoms with van der Waals surface area (Å²) in [6.45, 7) is 3.23. The van der Waals surface area contributed by atoms with Gasteiger partial charge in [-0.1, -0.05) is 6.92 Å². The maximum Gasteiger partial charge on any atom is 0.224 e. The monoisotopic (exact) mass is 227 g/mol. The number of hydrogen-bond acceptors (Lipinski definition) is 3. The molecule has 1 fully saturated rings. The van der Waals surface area contributed by atoms with Crippen LogP contribution in [-0.4, -0.2) is 35.8 Å². The Morgan fingerprint density at radius 1 is 1.38 bits per heavy atom. The molecule has 0 saturated carbocycles. The minimum Gasteiger partial charge on any atom is -0.369 e. The summed E-state index contributed by atoms with van der Waals surface area (Å²) in [6, 6.07) is -0.0543. The van der Waals surface area contributed by atoms with Gasteiger partial charge >= 0.3 is 0 Å². The summed E-state index contributed by atoms with van der Waals surface area (Å²) in [5, 5.41) is 0. The first kappa shape index (κ1) is 13.0. The largest absolute Gasteiger partial charge is 0.369 e. The van der Waals surface area contributed by atoms with E-state index in [1.807, 2.05) is 6.92 Å². The van der Waals surface area contributed by atoms with Crippen LogP contribution in [0.4, 0.5) is 0 Å². The molecule has 16 heavy (non-hydrogen) atoms. The number of primary amides is 1. The molecule has 5 heteroatoms. The predicted molar refractivity (Wildman–Crippen MR) is 61.4 cm³/mol. The Labute approximate surface area is 96.1 Å². The second-order valence-electron chi connectivity index (χ2n) is 4.43. The van der Waals surface area contributed by atoms with E-state index < -0.39 is 0 Å². The van der Waals surface area contributed by atoms with Gasteiger partial charge < -0.3 is 16.4 Å². The molecule has 0 spiro atoms. The second-order valence-corrected chi connectivity index (χ2v) is 4.43. The molecule has 1 heterocycles. The molecule has 2 amide bonds. The molecular formula is C11H21N3O2. The van der Waals surface area contributed by atoms with E-state index in [4.69, 9.17) is 11.5 Å². The van der Waals surface area contributed by atoms with Crippen LogP contribution in [0, 0.1) is 5.92 Å². The van der Waals surface area contributed by atoms with Crippen LogP contribution in [0.2, 0.25) is 0 Å². The van der Waals surface area contributed by atoms with E-state index >= 15 is 0 Å². The van der Waals surface area contributed by atoms with Crippen LogP contribution in [0.3, 0.4) is 0 Å². The van der Waals surface area contributed by atoms with Crippen LogP contribution in [0.15, 0.2) is 0 Å². The number of nitrogens with zero attached hydrogens (tertiary/aromatic N) is 1. The van der Waals surface area contributed by atoms with Gasteiger partial charge in [0.2, 0.25) is 11.8 Å². The maximum atomic E-state index is 11.8. The zero-order chi connectivity index (χ0) is 12.1. The minimum atomic E-state index is -0.252. The van der Waals surface area contributed by atoms with E-state index in [0.29, 0.717) is 32.4 Å². The molecule has 1 unspecified atom stereocenters. The van der Waals surface area contributed by atoms with Crippen molar-refractivity contribution in [1.82, 2.24) is 4.90 Å². The quantitative estimate of drug-likeness (QED) is 0.699. The lowest BCUT2D eigenvalue weighted by Crippen LogP contribution is -2.43. The van der Waals surface area contributed by atoms with Crippen molar-refractivity contribution in [3.05, 3.63) is 0 Å². The highest BCUT2D eigenvalue weighted by molar-refractivity contribution is 5.79. The molecule has 1 saturated heterocycles. The van der Waals surface area contributed by atoms with Gasteiger partial charge in [0, 0.05) is 31.5 Å². The van der Waals surface area contributed by atoms with Gasteiger partial charge in [0.1, 0.15) is 0 Å². The van der Waals surface area contributed by atoms with Crippen molar-refractivity contribution in [3.8, 4) is 0 Å². The van der Waals surface area contributed by atoms with Gasteiger partial charge in [0.25, 0.3) is 0 Å². The molecule has 92 valence electrons. The predicted octanol–water partition coefficient (Wildman–Crippen LogP) is -0.162. The fourth-order valence-corrected chi connectivity index (χ4v) is 1.91. The molecule has 1 aliphatic rings. The molecule has 0 aliphatic carbocycles. The zero-order valence-electron chi connectivity index (χ0n) is 9.82. The Bertz CT molecular complexity index is 260. The van der Waals surface area contributed by atoms with Crippen molar-refractivity contribution < 1.29 is 9.59 Å². The van der Waals surface area contributed by atoms with Gasteiger partial charge in [-0.15, -0.1) is 0 Å². The average molecular weight is 227 g/mol.